The van der Waals surface area contributed by atoms with Gasteiger partial charge in [0.25, 0.3) is 0 Å². The van der Waals surface area contributed by atoms with Crippen LogP contribution in [0.25, 0.3) is 22.3 Å². The molecule has 4 aromatic rings. The summed E-state index contributed by atoms with van der Waals surface area (Å²) in [6.07, 6.45) is 5.50. The van der Waals surface area contributed by atoms with E-state index in [1.807, 2.05) is 37.0 Å². The van der Waals surface area contributed by atoms with Crippen molar-refractivity contribution < 1.29 is 4.39 Å². The molecule has 0 aliphatic rings. The van der Waals surface area contributed by atoms with Gasteiger partial charge >= 0.3 is 0 Å². The minimum atomic E-state index is -0.289. The first-order chi connectivity index (χ1) is 12.1. The standard InChI is InChI=1S/C18H17FN6/c1-24-11-13(17(23-24)12-4-3-7-20-9-12)10-21-18-22-15-8-14(19)5-6-16(15)25(18)2/h3-9,11H,10H2,1-2H3,(H,21,22). The maximum Gasteiger partial charge on any atom is 0.203 e. The highest BCUT2D eigenvalue weighted by atomic mass is 19.1. The number of hydrogen-bond acceptors (Lipinski definition) is 4. The first kappa shape index (κ1) is 15.3. The maximum atomic E-state index is 13.4. The molecule has 0 atom stereocenters. The number of aromatic nitrogens is 5. The molecule has 0 spiro atoms. The Labute approximate surface area is 144 Å². The minimum absolute atomic E-state index is 0.289. The molecule has 0 amide bonds. The number of nitrogens with zero attached hydrogens (tertiary/aromatic N) is 5. The van der Waals surface area contributed by atoms with Crippen molar-refractivity contribution in [2.75, 3.05) is 5.32 Å². The Balaban J connectivity index is 1.63. The highest BCUT2D eigenvalue weighted by molar-refractivity contribution is 5.78. The van der Waals surface area contributed by atoms with E-state index in [1.165, 1.54) is 12.1 Å². The lowest BCUT2D eigenvalue weighted by molar-refractivity contribution is 0.629. The van der Waals surface area contributed by atoms with Crippen molar-refractivity contribution in [3.8, 4) is 11.3 Å². The third kappa shape index (κ3) is 2.84. The fourth-order valence-corrected chi connectivity index (χ4v) is 2.92. The van der Waals surface area contributed by atoms with Crippen LogP contribution in [0, 0.1) is 5.82 Å². The number of rotatable bonds is 4. The third-order valence-corrected chi connectivity index (χ3v) is 4.12. The number of pyridine rings is 1. The van der Waals surface area contributed by atoms with E-state index in [4.69, 9.17) is 0 Å². The SMILES string of the molecule is Cn1cc(CNc2nc3cc(F)ccc3n2C)c(-c2cccnc2)n1. The van der Waals surface area contributed by atoms with Gasteiger partial charge in [0.2, 0.25) is 5.95 Å². The number of halogens is 1. The van der Waals surface area contributed by atoms with Gasteiger partial charge in [-0.15, -0.1) is 0 Å². The number of fused-ring (bicyclic) bond motifs is 1. The summed E-state index contributed by atoms with van der Waals surface area (Å²) in [5, 5.41) is 7.85. The molecule has 0 aliphatic carbocycles. The Morgan fingerprint density at radius 2 is 2.08 bits per heavy atom. The lowest BCUT2D eigenvalue weighted by atomic mass is 10.1. The van der Waals surface area contributed by atoms with Gasteiger partial charge in [-0.3, -0.25) is 9.67 Å². The molecule has 25 heavy (non-hydrogen) atoms. The van der Waals surface area contributed by atoms with E-state index in [9.17, 15) is 4.39 Å². The summed E-state index contributed by atoms with van der Waals surface area (Å²) in [6, 6.07) is 8.48. The first-order valence-electron chi connectivity index (χ1n) is 7.90. The summed E-state index contributed by atoms with van der Waals surface area (Å²) in [5.41, 5.74) is 4.39. The van der Waals surface area contributed by atoms with E-state index >= 15 is 0 Å². The molecule has 3 aromatic heterocycles. The lowest BCUT2D eigenvalue weighted by Crippen LogP contribution is -2.05. The van der Waals surface area contributed by atoms with Crippen LogP contribution in [-0.2, 0) is 20.6 Å². The van der Waals surface area contributed by atoms with Crippen LogP contribution in [0.15, 0.2) is 48.9 Å². The molecular formula is C18H17FN6. The Kier molecular flexibility index (Phi) is 3.68. The second-order valence-electron chi connectivity index (χ2n) is 5.90. The van der Waals surface area contributed by atoms with Crippen LogP contribution in [-0.4, -0.2) is 24.3 Å². The largest absolute Gasteiger partial charge is 0.351 e. The number of aryl methyl sites for hydroxylation is 2. The summed E-state index contributed by atoms with van der Waals surface area (Å²) in [5.74, 6) is 0.393. The van der Waals surface area contributed by atoms with E-state index in [0.29, 0.717) is 18.0 Å². The van der Waals surface area contributed by atoms with Crippen LogP contribution in [0.3, 0.4) is 0 Å². The minimum Gasteiger partial charge on any atom is -0.351 e. The number of benzene rings is 1. The number of nitrogens with one attached hydrogen (secondary N) is 1. The van der Waals surface area contributed by atoms with Crippen molar-refractivity contribution in [1.82, 2.24) is 24.3 Å². The highest BCUT2D eigenvalue weighted by Gasteiger charge is 2.12. The number of imidazole rings is 1. The van der Waals surface area contributed by atoms with E-state index < -0.39 is 0 Å². The molecule has 4 rings (SSSR count). The van der Waals surface area contributed by atoms with Gasteiger partial charge in [0.15, 0.2) is 0 Å². The van der Waals surface area contributed by atoms with Gasteiger partial charge in [0, 0.05) is 56.4 Å². The zero-order chi connectivity index (χ0) is 17.4. The molecule has 0 radical (unpaired) electrons. The fourth-order valence-electron chi connectivity index (χ4n) is 2.92. The topological polar surface area (TPSA) is 60.6 Å². The Morgan fingerprint density at radius 1 is 1.20 bits per heavy atom. The molecule has 0 unspecified atom stereocenters. The third-order valence-electron chi connectivity index (χ3n) is 4.12. The zero-order valence-corrected chi connectivity index (χ0v) is 13.9. The second kappa shape index (κ2) is 6.01. The van der Waals surface area contributed by atoms with Crippen molar-refractivity contribution in [3.05, 3.63) is 60.3 Å². The van der Waals surface area contributed by atoms with Gasteiger partial charge < -0.3 is 9.88 Å². The van der Waals surface area contributed by atoms with Gasteiger partial charge in [-0.2, -0.15) is 5.10 Å². The predicted molar refractivity (Wildman–Crippen MR) is 94.4 cm³/mol. The van der Waals surface area contributed by atoms with Crippen LogP contribution < -0.4 is 5.32 Å². The molecular weight excluding hydrogens is 319 g/mol. The second-order valence-corrected chi connectivity index (χ2v) is 5.90. The average molecular weight is 336 g/mol. The first-order valence-corrected chi connectivity index (χ1v) is 7.90. The van der Waals surface area contributed by atoms with E-state index in [1.54, 1.807) is 23.1 Å². The summed E-state index contributed by atoms with van der Waals surface area (Å²) in [6.45, 7) is 0.553. The average Bonchev–Trinajstić information content (AvgIpc) is 3.13. The van der Waals surface area contributed by atoms with Gasteiger partial charge in [-0.1, -0.05) is 0 Å². The quantitative estimate of drug-likeness (QED) is 0.622. The molecule has 0 aliphatic heterocycles. The normalized spacial score (nSPS) is 11.2. The molecule has 0 saturated heterocycles. The van der Waals surface area contributed by atoms with Crippen molar-refractivity contribution in [1.29, 1.82) is 0 Å². The van der Waals surface area contributed by atoms with Crippen molar-refractivity contribution >= 4 is 17.0 Å². The molecule has 3 heterocycles. The van der Waals surface area contributed by atoms with Crippen molar-refractivity contribution in [2.24, 2.45) is 14.1 Å². The molecule has 0 bridgehead atoms. The van der Waals surface area contributed by atoms with Crippen LogP contribution in [0.2, 0.25) is 0 Å². The molecule has 7 heteroatoms. The van der Waals surface area contributed by atoms with Gasteiger partial charge in [-0.05, 0) is 24.3 Å². The monoisotopic (exact) mass is 336 g/mol. The maximum absolute atomic E-state index is 13.4. The van der Waals surface area contributed by atoms with Crippen LogP contribution in [0.5, 0.6) is 0 Å². The zero-order valence-electron chi connectivity index (χ0n) is 13.9. The molecule has 1 N–H and O–H groups in total. The summed E-state index contributed by atoms with van der Waals surface area (Å²) in [4.78, 5) is 8.63. The summed E-state index contributed by atoms with van der Waals surface area (Å²) in [7, 11) is 3.79. The van der Waals surface area contributed by atoms with Crippen LogP contribution in [0.4, 0.5) is 10.3 Å². The van der Waals surface area contributed by atoms with E-state index in [2.05, 4.69) is 20.4 Å². The smallest absolute Gasteiger partial charge is 0.203 e. The van der Waals surface area contributed by atoms with Gasteiger partial charge in [0.05, 0.1) is 16.7 Å². The lowest BCUT2D eigenvalue weighted by Gasteiger charge is -2.06. The summed E-state index contributed by atoms with van der Waals surface area (Å²) < 4.78 is 17.1. The predicted octanol–water partition coefficient (Wildman–Crippen LogP) is 3.12. The molecule has 0 saturated carbocycles. The molecule has 1 aromatic carbocycles. The highest BCUT2D eigenvalue weighted by Crippen LogP contribution is 2.23. The summed E-state index contributed by atoms with van der Waals surface area (Å²) >= 11 is 0. The Hall–Kier alpha value is -3.22. The number of hydrogen-bond donors (Lipinski definition) is 1. The number of anilines is 1. The van der Waals surface area contributed by atoms with Crippen LogP contribution >= 0.6 is 0 Å². The molecule has 6 nitrogen and oxygen atoms in total. The Morgan fingerprint density at radius 3 is 2.88 bits per heavy atom. The van der Waals surface area contributed by atoms with E-state index in [-0.39, 0.29) is 5.82 Å². The fraction of sp³-hybridized carbons (Fsp3) is 0.167. The van der Waals surface area contributed by atoms with Crippen molar-refractivity contribution in [2.45, 2.75) is 6.54 Å². The van der Waals surface area contributed by atoms with E-state index in [0.717, 1.165) is 22.3 Å². The van der Waals surface area contributed by atoms with Crippen molar-refractivity contribution in [3.63, 3.8) is 0 Å². The van der Waals surface area contributed by atoms with Gasteiger partial charge in [0.1, 0.15) is 5.82 Å². The Bertz CT molecular complexity index is 1030. The molecule has 126 valence electrons. The van der Waals surface area contributed by atoms with Crippen LogP contribution in [0.1, 0.15) is 5.56 Å². The molecule has 0 fully saturated rings. The van der Waals surface area contributed by atoms with Gasteiger partial charge in [-0.25, -0.2) is 9.37 Å².